The summed E-state index contributed by atoms with van der Waals surface area (Å²) in [6, 6.07) is 0.758. The summed E-state index contributed by atoms with van der Waals surface area (Å²) in [7, 11) is 0. The van der Waals surface area contributed by atoms with Crippen molar-refractivity contribution < 1.29 is 0 Å². The molecule has 17 heavy (non-hydrogen) atoms. The second kappa shape index (κ2) is 5.67. The van der Waals surface area contributed by atoms with Crippen LogP contribution in [-0.2, 0) is 13.1 Å². The van der Waals surface area contributed by atoms with Gasteiger partial charge in [-0.2, -0.15) is 23.5 Å². The van der Waals surface area contributed by atoms with Crippen LogP contribution in [0.4, 0.5) is 0 Å². The van der Waals surface area contributed by atoms with Gasteiger partial charge in [-0.15, -0.1) is 0 Å². The number of thioether (sulfide) groups is 2. The van der Waals surface area contributed by atoms with E-state index in [0.29, 0.717) is 0 Å². The molecule has 3 heterocycles. The van der Waals surface area contributed by atoms with Gasteiger partial charge in [0.25, 0.3) is 0 Å². The van der Waals surface area contributed by atoms with Gasteiger partial charge in [0.2, 0.25) is 0 Å². The maximum atomic E-state index is 4.27. The van der Waals surface area contributed by atoms with Crippen molar-refractivity contribution in [2.45, 2.75) is 25.6 Å². The largest absolute Gasteiger partial charge is 0.333 e. The molecule has 1 aromatic rings. The number of nitrogens with zero attached hydrogens (tertiary/aromatic N) is 3. The van der Waals surface area contributed by atoms with Crippen molar-refractivity contribution in [1.82, 2.24) is 14.5 Å². The topological polar surface area (TPSA) is 21.1 Å². The Bertz CT molecular complexity index is 358. The van der Waals surface area contributed by atoms with Crippen LogP contribution >= 0.6 is 23.5 Å². The minimum atomic E-state index is 0.758. The van der Waals surface area contributed by atoms with E-state index in [1.807, 2.05) is 12.5 Å². The van der Waals surface area contributed by atoms with Crippen LogP contribution in [0.2, 0.25) is 0 Å². The fraction of sp³-hybridized carbons (Fsp3) is 0.750. The van der Waals surface area contributed by atoms with E-state index in [9.17, 15) is 0 Å². The molecule has 0 aromatic carbocycles. The first-order valence-corrected chi connectivity index (χ1v) is 8.63. The van der Waals surface area contributed by atoms with Crippen LogP contribution in [0.15, 0.2) is 12.5 Å². The van der Waals surface area contributed by atoms with Crippen LogP contribution < -0.4 is 0 Å². The van der Waals surface area contributed by atoms with E-state index in [-0.39, 0.29) is 0 Å². The summed E-state index contributed by atoms with van der Waals surface area (Å²) >= 11 is 4.25. The monoisotopic (exact) mass is 269 g/mol. The Kier molecular flexibility index (Phi) is 3.98. The third-order valence-electron chi connectivity index (χ3n) is 3.52. The summed E-state index contributed by atoms with van der Waals surface area (Å²) in [4.78, 5) is 6.94. The van der Waals surface area contributed by atoms with Crippen LogP contribution in [0, 0.1) is 0 Å². The molecule has 3 rings (SSSR count). The molecule has 0 bridgehead atoms. The maximum absolute atomic E-state index is 4.27. The van der Waals surface area contributed by atoms with Gasteiger partial charge in [-0.3, -0.25) is 4.90 Å². The van der Waals surface area contributed by atoms with Crippen LogP contribution in [-0.4, -0.2) is 50.0 Å². The molecular formula is C12H19N3S2. The Morgan fingerprint density at radius 3 is 2.82 bits per heavy atom. The van der Waals surface area contributed by atoms with Gasteiger partial charge in [-0.25, -0.2) is 4.98 Å². The average molecular weight is 269 g/mol. The Labute approximate surface area is 111 Å². The van der Waals surface area contributed by atoms with Crippen LogP contribution in [0.5, 0.6) is 0 Å². The molecule has 0 N–H and O–H groups in total. The van der Waals surface area contributed by atoms with Gasteiger partial charge in [0.05, 0.1) is 12.0 Å². The van der Waals surface area contributed by atoms with Gasteiger partial charge < -0.3 is 4.57 Å². The van der Waals surface area contributed by atoms with Crippen molar-refractivity contribution >= 4 is 23.5 Å². The predicted octanol–water partition coefficient (Wildman–Crippen LogP) is 1.94. The first-order valence-electron chi connectivity index (χ1n) is 6.32. The van der Waals surface area contributed by atoms with E-state index < -0.39 is 0 Å². The molecule has 0 aliphatic carbocycles. The molecule has 1 fully saturated rings. The summed E-state index contributed by atoms with van der Waals surface area (Å²) in [6.45, 7) is 3.47. The van der Waals surface area contributed by atoms with Gasteiger partial charge >= 0.3 is 0 Å². The van der Waals surface area contributed by atoms with Gasteiger partial charge in [0.1, 0.15) is 0 Å². The standard InChI is InChI=1S/C12H19N3S2/c1-2-14(12-8-16-4-5-17-9-12)7-11-6-13-10-15(11)3-1/h6,10,12H,1-5,7-9H2. The maximum Gasteiger partial charge on any atom is 0.0948 e. The minimum Gasteiger partial charge on any atom is -0.333 e. The normalized spacial score (nSPS) is 24.0. The van der Waals surface area contributed by atoms with Crippen molar-refractivity contribution in [3.63, 3.8) is 0 Å². The van der Waals surface area contributed by atoms with E-state index in [2.05, 4.69) is 38.0 Å². The summed E-state index contributed by atoms with van der Waals surface area (Å²) in [5.41, 5.74) is 1.39. The number of hydrogen-bond acceptors (Lipinski definition) is 4. The number of rotatable bonds is 1. The fourth-order valence-corrected chi connectivity index (χ4v) is 5.17. The molecule has 1 saturated heterocycles. The Balaban J connectivity index is 1.70. The van der Waals surface area contributed by atoms with Crippen molar-refractivity contribution in [3.05, 3.63) is 18.2 Å². The SMILES string of the molecule is c1ncn2c1CN(C1CSCCSC1)CCC2. The molecule has 5 heteroatoms. The third-order valence-corrected chi connectivity index (χ3v) is 6.00. The Morgan fingerprint density at radius 1 is 1.18 bits per heavy atom. The van der Waals surface area contributed by atoms with Crippen molar-refractivity contribution in [2.75, 3.05) is 29.6 Å². The zero-order chi connectivity index (χ0) is 11.5. The second-order valence-corrected chi connectivity index (χ2v) is 7.01. The zero-order valence-electron chi connectivity index (χ0n) is 10.0. The van der Waals surface area contributed by atoms with E-state index in [1.54, 1.807) is 0 Å². The number of imidazole rings is 1. The van der Waals surface area contributed by atoms with Crippen LogP contribution in [0.3, 0.4) is 0 Å². The minimum absolute atomic E-state index is 0.758. The van der Waals surface area contributed by atoms with Crippen molar-refractivity contribution in [3.8, 4) is 0 Å². The molecule has 94 valence electrons. The lowest BCUT2D eigenvalue weighted by atomic mass is 10.3. The Morgan fingerprint density at radius 2 is 2.00 bits per heavy atom. The van der Waals surface area contributed by atoms with Crippen LogP contribution in [0.25, 0.3) is 0 Å². The molecule has 3 nitrogen and oxygen atoms in total. The lowest BCUT2D eigenvalue weighted by Crippen LogP contribution is -2.38. The quantitative estimate of drug-likeness (QED) is 0.776. The van der Waals surface area contributed by atoms with E-state index >= 15 is 0 Å². The first kappa shape index (κ1) is 11.9. The number of aromatic nitrogens is 2. The molecular weight excluding hydrogens is 250 g/mol. The summed E-state index contributed by atoms with van der Waals surface area (Å²) in [6.07, 6.45) is 5.28. The van der Waals surface area contributed by atoms with Gasteiger partial charge in [0, 0.05) is 54.9 Å². The average Bonchev–Trinajstić information content (AvgIpc) is 2.59. The molecule has 0 atom stereocenters. The molecule has 0 amide bonds. The molecule has 0 spiro atoms. The van der Waals surface area contributed by atoms with E-state index in [1.165, 1.54) is 41.7 Å². The first-order chi connectivity index (χ1) is 8.43. The lowest BCUT2D eigenvalue weighted by molar-refractivity contribution is 0.223. The van der Waals surface area contributed by atoms with Gasteiger partial charge in [-0.1, -0.05) is 0 Å². The van der Waals surface area contributed by atoms with Gasteiger partial charge in [-0.05, 0) is 6.42 Å². The summed E-state index contributed by atoms with van der Waals surface area (Å²) in [5.74, 6) is 5.27. The second-order valence-electron chi connectivity index (χ2n) is 4.71. The fourth-order valence-electron chi connectivity index (χ4n) is 2.54. The highest BCUT2D eigenvalue weighted by atomic mass is 32.2. The number of hydrogen-bond donors (Lipinski definition) is 0. The third kappa shape index (κ3) is 2.83. The van der Waals surface area contributed by atoms with E-state index in [0.717, 1.165) is 19.1 Å². The van der Waals surface area contributed by atoms with Crippen LogP contribution in [0.1, 0.15) is 12.1 Å². The summed E-state index contributed by atoms with van der Waals surface area (Å²) in [5, 5.41) is 0. The van der Waals surface area contributed by atoms with Crippen molar-refractivity contribution in [1.29, 1.82) is 0 Å². The predicted molar refractivity (Wildman–Crippen MR) is 75.7 cm³/mol. The highest BCUT2D eigenvalue weighted by molar-refractivity contribution is 8.03. The molecule has 0 radical (unpaired) electrons. The number of aryl methyl sites for hydroxylation is 1. The summed E-state index contributed by atoms with van der Waals surface area (Å²) < 4.78 is 2.32. The zero-order valence-corrected chi connectivity index (χ0v) is 11.7. The van der Waals surface area contributed by atoms with Gasteiger partial charge in [0.15, 0.2) is 0 Å². The Hall–Kier alpha value is -0.130. The highest BCUT2D eigenvalue weighted by Gasteiger charge is 2.23. The molecule has 2 aliphatic heterocycles. The lowest BCUT2D eigenvalue weighted by Gasteiger charge is -2.28. The molecule has 2 aliphatic rings. The van der Waals surface area contributed by atoms with E-state index in [4.69, 9.17) is 0 Å². The van der Waals surface area contributed by atoms with Crippen molar-refractivity contribution in [2.24, 2.45) is 0 Å². The highest BCUT2D eigenvalue weighted by Crippen LogP contribution is 2.23. The molecule has 0 unspecified atom stereocenters. The number of fused-ring (bicyclic) bond motifs is 1. The smallest absolute Gasteiger partial charge is 0.0948 e. The molecule has 1 aromatic heterocycles. The molecule has 0 saturated carbocycles.